The number of carbonyl (C=O) groups excluding carboxylic acids is 4. The third-order valence-electron chi connectivity index (χ3n) is 6.94. The van der Waals surface area contributed by atoms with Crippen LogP contribution >= 0.6 is 23.5 Å². The number of ether oxygens (including phenoxy) is 2. The van der Waals surface area contributed by atoms with E-state index < -0.39 is 0 Å². The number of thioether (sulfide) groups is 2. The van der Waals surface area contributed by atoms with Crippen LogP contribution in [-0.4, -0.2) is 85.4 Å². The molecule has 0 aliphatic carbocycles. The Morgan fingerprint density at radius 3 is 1.29 bits per heavy atom. The van der Waals surface area contributed by atoms with Crippen LogP contribution in [0, 0.1) is 0 Å². The van der Waals surface area contributed by atoms with Crippen LogP contribution in [0.2, 0.25) is 0 Å². The van der Waals surface area contributed by atoms with Gasteiger partial charge in [0, 0.05) is 13.2 Å². The van der Waals surface area contributed by atoms with Crippen molar-refractivity contribution in [1.82, 2.24) is 21.3 Å². The largest absolute Gasteiger partial charge is 0.359 e. The van der Waals surface area contributed by atoms with Gasteiger partial charge < -0.3 is 30.7 Å². The van der Waals surface area contributed by atoms with Crippen LogP contribution in [0.1, 0.15) is 96.3 Å². The van der Waals surface area contributed by atoms with Gasteiger partial charge >= 0.3 is 0 Å². The zero-order valence-electron chi connectivity index (χ0n) is 24.7. The number of amides is 4. The highest BCUT2D eigenvalue weighted by Crippen LogP contribution is 2.14. The molecule has 0 saturated carbocycles. The maximum absolute atomic E-state index is 11.9. The first kappa shape index (κ1) is 35.7. The Morgan fingerprint density at radius 1 is 0.537 bits per heavy atom. The minimum Gasteiger partial charge on any atom is -0.359 e. The van der Waals surface area contributed by atoms with Gasteiger partial charge in [-0.2, -0.15) is 23.5 Å². The quantitative estimate of drug-likeness (QED) is 0.136. The molecule has 236 valence electrons. The summed E-state index contributed by atoms with van der Waals surface area (Å²) in [7, 11) is 0. The Kier molecular flexibility index (Phi) is 20.9. The smallest absolute Gasteiger partial charge is 0.241 e. The van der Waals surface area contributed by atoms with Gasteiger partial charge in [-0.15, -0.1) is 0 Å². The van der Waals surface area contributed by atoms with E-state index in [0.29, 0.717) is 24.7 Å². The molecular formula is C29H52N4O6S2. The molecule has 4 N–H and O–H groups in total. The lowest BCUT2D eigenvalue weighted by atomic mass is 10.1. The third-order valence-corrected chi connectivity index (χ3v) is 9.03. The molecule has 0 aromatic rings. The molecular weight excluding hydrogens is 564 g/mol. The molecule has 0 aromatic carbocycles. The number of unbranched alkanes of at least 4 members (excludes halogenated alkanes) is 8. The molecule has 2 aliphatic heterocycles. The first-order valence-corrected chi connectivity index (χ1v) is 17.8. The molecule has 41 heavy (non-hydrogen) atoms. The average Bonchev–Trinajstić information content (AvgIpc) is 2.98. The minimum atomic E-state index is -0.214. The highest BCUT2D eigenvalue weighted by atomic mass is 32.2. The fourth-order valence-corrected chi connectivity index (χ4v) is 6.29. The predicted molar refractivity (Wildman–Crippen MR) is 166 cm³/mol. The van der Waals surface area contributed by atoms with E-state index >= 15 is 0 Å². The van der Waals surface area contributed by atoms with E-state index in [9.17, 15) is 19.2 Å². The van der Waals surface area contributed by atoms with E-state index in [1.54, 1.807) is 23.5 Å². The van der Waals surface area contributed by atoms with Crippen molar-refractivity contribution in [3.63, 3.8) is 0 Å². The van der Waals surface area contributed by atoms with Crippen molar-refractivity contribution in [3.05, 3.63) is 0 Å². The standard InChI is InChI=1S/C29H52N4O6S2/c34-24(32-28-14-8-10-16-38-28)20-30-26(36)22-40-18-12-6-4-2-1-3-5-7-13-19-41-23-27(37)31-21-25(35)33-29-15-9-11-17-39-29/h28-29H,1-23H2,(H,30,36)(H,31,37)(H,32,34)(H,33,35)/t28-,29+. The average molecular weight is 617 g/mol. The van der Waals surface area contributed by atoms with Crippen molar-refractivity contribution in [2.24, 2.45) is 0 Å². The third kappa shape index (κ3) is 20.1. The number of carbonyl (C=O) groups is 4. The maximum atomic E-state index is 11.9. The summed E-state index contributed by atoms with van der Waals surface area (Å²) in [6, 6.07) is 0. The summed E-state index contributed by atoms with van der Waals surface area (Å²) in [5.74, 6) is 2.13. The molecule has 0 radical (unpaired) electrons. The van der Waals surface area contributed by atoms with Gasteiger partial charge in [-0.3, -0.25) is 19.2 Å². The van der Waals surface area contributed by atoms with E-state index in [4.69, 9.17) is 9.47 Å². The molecule has 4 amide bonds. The predicted octanol–water partition coefficient (Wildman–Crippen LogP) is 3.48. The SMILES string of the molecule is O=C(CSCCCCCCCCCCCSCC(=O)NCC(=O)N[C@@H]1CCCCO1)NCC(=O)N[C@H]1CCCCO1. The van der Waals surface area contributed by atoms with Gasteiger partial charge in [0.2, 0.25) is 23.6 Å². The number of hydrogen-bond acceptors (Lipinski definition) is 8. The van der Waals surface area contributed by atoms with Gasteiger partial charge in [0.05, 0.1) is 24.6 Å². The Bertz CT molecular complexity index is 689. The van der Waals surface area contributed by atoms with Crippen LogP contribution in [-0.2, 0) is 28.7 Å². The molecule has 2 atom stereocenters. The van der Waals surface area contributed by atoms with E-state index in [1.165, 1.54) is 44.9 Å². The van der Waals surface area contributed by atoms with Crippen LogP contribution in [0.4, 0.5) is 0 Å². The summed E-state index contributed by atoms with van der Waals surface area (Å²) >= 11 is 3.25. The fourth-order valence-electron chi connectivity index (χ4n) is 4.61. The Labute approximate surface area is 254 Å². The van der Waals surface area contributed by atoms with E-state index in [2.05, 4.69) is 21.3 Å². The molecule has 0 unspecified atom stereocenters. The number of rotatable bonds is 22. The van der Waals surface area contributed by atoms with Gasteiger partial charge in [-0.25, -0.2) is 0 Å². The molecule has 2 aliphatic rings. The molecule has 12 heteroatoms. The van der Waals surface area contributed by atoms with Crippen molar-refractivity contribution < 1.29 is 28.7 Å². The minimum absolute atomic E-state index is 0.00752. The maximum Gasteiger partial charge on any atom is 0.241 e. The lowest BCUT2D eigenvalue weighted by molar-refractivity contribution is -0.129. The fraction of sp³-hybridized carbons (Fsp3) is 0.862. The van der Waals surface area contributed by atoms with E-state index in [1.807, 2.05) is 0 Å². The van der Waals surface area contributed by atoms with Gasteiger partial charge in [-0.1, -0.05) is 44.9 Å². The normalized spacial score (nSPS) is 18.8. The summed E-state index contributed by atoms with van der Waals surface area (Å²) in [6.45, 7) is 1.38. The van der Waals surface area contributed by atoms with Crippen LogP contribution in [0.5, 0.6) is 0 Å². The van der Waals surface area contributed by atoms with E-state index in [-0.39, 0.29) is 49.2 Å². The second kappa shape index (κ2) is 24.0. The van der Waals surface area contributed by atoms with Crippen LogP contribution in [0.15, 0.2) is 0 Å². The molecule has 0 aromatic heterocycles. The Balaban J connectivity index is 1.26. The summed E-state index contributed by atoms with van der Waals surface area (Å²) in [6.07, 6.45) is 16.2. The van der Waals surface area contributed by atoms with Gasteiger partial charge in [0.25, 0.3) is 0 Å². The second-order valence-electron chi connectivity index (χ2n) is 10.7. The topological polar surface area (TPSA) is 135 Å². The lowest BCUT2D eigenvalue weighted by Crippen LogP contribution is -2.44. The van der Waals surface area contributed by atoms with Gasteiger partial charge in [0.1, 0.15) is 12.5 Å². The van der Waals surface area contributed by atoms with Crippen molar-refractivity contribution in [2.45, 2.75) is 109 Å². The molecule has 0 spiro atoms. The van der Waals surface area contributed by atoms with Crippen molar-refractivity contribution >= 4 is 47.2 Å². The van der Waals surface area contributed by atoms with E-state index in [0.717, 1.165) is 62.9 Å². The summed E-state index contributed by atoms with van der Waals surface area (Å²) < 4.78 is 10.9. The van der Waals surface area contributed by atoms with Gasteiger partial charge in [-0.05, 0) is 62.9 Å². The highest BCUT2D eigenvalue weighted by Gasteiger charge is 2.17. The van der Waals surface area contributed by atoms with Crippen molar-refractivity contribution in [1.29, 1.82) is 0 Å². The van der Waals surface area contributed by atoms with Crippen LogP contribution in [0.25, 0.3) is 0 Å². The van der Waals surface area contributed by atoms with Gasteiger partial charge in [0.15, 0.2) is 0 Å². The molecule has 2 rings (SSSR count). The molecule has 2 heterocycles. The molecule has 0 bridgehead atoms. The Hall–Kier alpha value is -1.50. The lowest BCUT2D eigenvalue weighted by Gasteiger charge is -2.23. The zero-order valence-corrected chi connectivity index (χ0v) is 26.3. The number of hydrogen-bond donors (Lipinski definition) is 4. The van der Waals surface area contributed by atoms with Crippen LogP contribution < -0.4 is 21.3 Å². The first-order chi connectivity index (χ1) is 20.0. The molecule has 2 fully saturated rings. The first-order valence-electron chi connectivity index (χ1n) is 15.5. The van der Waals surface area contributed by atoms with Crippen molar-refractivity contribution in [3.8, 4) is 0 Å². The summed E-state index contributed by atoms with van der Waals surface area (Å²) in [4.78, 5) is 47.6. The monoisotopic (exact) mass is 616 g/mol. The van der Waals surface area contributed by atoms with Crippen molar-refractivity contribution in [2.75, 3.05) is 49.3 Å². The number of nitrogens with one attached hydrogen (secondary N) is 4. The summed E-state index contributed by atoms with van der Waals surface area (Å²) in [5, 5.41) is 11.0. The Morgan fingerprint density at radius 2 is 0.927 bits per heavy atom. The van der Waals surface area contributed by atoms with Crippen LogP contribution in [0.3, 0.4) is 0 Å². The zero-order chi connectivity index (χ0) is 29.4. The summed E-state index contributed by atoms with van der Waals surface area (Å²) in [5.41, 5.74) is 0. The molecule has 10 nitrogen and oxygen atoms in total. The second-order valence-corrected chi connectivity index (χ2v) is 12.9. The highest BCUT2D eigenvalue weighted by molar-refractivity contribution is 8.00. The molecule has 2 saturated heterocycles.